The van der Waals surface area contributed by atoms with Gasteiger partial charge in [0, 0.05) is 17.8 Å². The van der Waals surface area contributed by atoms with Gasteiger partial charge >= 0.3 is 6.03 Å². The quantitative estimate of drug-likeness (QED) is 0.720. The highest BCUT2D eigenvalue weighted by Crippen LogP contribution is 2.19. The third-order valence-electron chi connectivity index (χ3n) is 5.39. The molecule has 0 spiro atoms. The molecule has 1 aliphatic carbocycles. The summed E-state index contributed by atoms with van der Waals surface area (Å²) in [6.45, 7) is 3.87. The maximum absolute atomic E-state index is 12.8. The second kappa shape index (κ2) is 12.0. The lowest BCUT2D eigenvalue weighted by atomic mass is 10.0. The fourth-order valence-corrected chi connectivity index (χ4v) is 5.03. The van der Waals surface area contributed by atoms with Crippen LogP contribution < -0.4 is 10.0 Å². The van der Waals surface area contributed by atoms with Gasteiger partial charge in [0.15, 0.2) is 5.78 Å². The fourth-order valence-electron chi connectivity index (χ4n) is 3.64. The molecule has 168 valence electrons. The standard InChI is InChI=1S/C21H34N4O4S/c1-3-16-15-17(4-2)23-20(22-16)24-21(27)25-30(28,29)19-14-12-10-8-6-5-7-9-11-13-18(19)26/h15,19H,3-14H2,1-2H3,(H2,22,23,24,25,27). The van der Waals surface area contributed by atoms with Crippen molar-refractivity contribution in [2.45, 2.75) is 96.1 Å². The third-order valence-corrected chi connectivity index (χ3v) is 7.11. The summed E-state index contributed by atoms with van der Waals surface area (Å²) in [4.78, 5) is 33.4. The minimum atomic E-state index is -4.14. The van der Waals surface area contributed by atoms with Crippen LogP contribution in [0, 0.1) is 0 Å². The molecule has 2 rings (SSSR count). The Bertz CT molecular complexity index is 804. The molecule has 30 heavy (non-hydrogen) atoms. The summed E-state index contributed by atoms with van der Waals surface area (Å²) in [5.74, 6) is -0.253. The molecular formula is C21H34N4O4S. The van der Waals surface area contributed by atoms with Gasteiger partial charge in [-0.05, 0) is 31.7 Å². The summed E-state index contributed by atoms with van der Waals surface area (Å²) in [5, 5.41) is 1.21. The molecule has 0 saturated heterocycles. The van der Waals surface area contributed by atoms with E-state index < -0.39 is 21.3 Å². The first-order chi connectivity index (χ1) is 14.4. The Balaban J connectivity index is 2.08. The zero-order valence-corrected chi connectivity index (χ0v) is 18.9. The molecule has 1 saturated carbocycles. The van der Waals surface area contributed by atoms with Crippen molar-refractivity contribution >= 4 is 27.8 Å². The first kappa shape index (κ1) is 24.2. The van der Waals surface area contributed by atoms with Gasteiger partial charge in [-0.3, -0.25) is 10.1 Å². The number of ketones is 1. The smallest absolute Gasteiger partial charge is 0.298 e. The number of carbonyl (C=O) groups is 2. The summed E-state index contributed by atoms with van der Waals surface area (Å²) in [6, 6.07) is 0.910. The van der Waals surface area contributed by atoms with E-state index in [1.165, 1.54) is 6.42 Å². The number of anilines is 1. The van der Waals surface area contributed by atoms with Crippen LogP contribution in [0.1, 0.15) is 89.4 Å². The number of sulfonamides is 1. The first-order valence-electron chi connectivity index (χ1n) is 11.1. The van der Waals surface area contributed by atoms with Crippen molar-refractivity contribution in [3.05, 3.63) is 17.5 Å². The normalized spacial score (nSPS) is 19.4. The second-order valence-electron chi connectivity index (χ2n) is 7.80. The van der Waals surface area contributed by atoms with E-state index in [2.05, 4.69) is 15.3 Å². The molecule has 1 heterocycles. The number of aryl methyl sites for hydroxylation is 2. The molecule has 1 aliphatic rings. The Hall–Kier alpha value is -2.03. The van der Waals surface area contributed by atoms with E-state index in [1.807, 2.05) is 24.6 Å². The molecule has 1 fully saturated rings. The van der Waals surface area contributed by atoms with Gasteiger partial charge in [0.25, 0.3) is 0 Å². The van der Waals surface area contributed by atoms with Gasteiger partial charge < -0.3 is 0 Å². The molecule has 2 amide bonds. The van der Waals surface area contributed by atoms with Crippen LogP contribution in [0.2, 0.25) is 0 Å². The van der Waals surface area contributed by atoms with Gasteiger partial charge in [0.05, 0.1) is 0 Å². The van der Waals surface area contributed by atoms with Gasteiger partial charge in [-0.1, -0.05) is 58.8 Å². The minimum Gasteiger partial charge on any atom is -0.298 e. The van der Waals surface area contributed by atoms with Gasteiger partial charge in [0.1, 0.15) is 5.25 Å². The summed E-state index contributed by atoms with van der Waals surface area (Å²) >= 11 is 0. The Morgan fingerprint density at radius 2 is 1.50 bits per heavy atom. The number of rotatable bonds is 5. The van der Waals surface area contributed by atoms with Crippen molar-refractivity contribution in [2.75, 3.05) is 5.32 Å². The molecule has 9 heteroatoms. The van der Waals surface area contributed by atoms with E-state index in [0.717, 1.165) is 43.5 Å². The highest BCUT2D eigenvalue weighted by molar-refractivity contribution is 7.91. The lowest BCUT2D eigenvalue weighted by molar-refractivity contribution is -0.118. The zero-order chi connectivity index (χ0) is 22.0. The minimum absolute atomic E-state index is 0.0592. The molecule has 0 bridgehead atoms. The van der Waals surface area contributed by atoms with Gasteiger partial charge in [0.2, 0.25) is 16.0 Å². The number of nitrogens with zero attached hydrogens (tertiary/aromatic N) is 2. The number of carbonyl (C=O) groups excluding carboxylic acids is 2. The largest absolute Gasteiger partial charge is 0.335 e. The maximum atomic E-state index is 12.8. The molecular weight excluding hydrogens is 404 g/mol. The summed E-state index contributed by atoms with van der Waals surface area (Å²) < 4.78 is 27.7. The van der Waals surface area contributed by atoms with Crippen LogP contribution in [0.3, 0.4) is 0 Å². The Labute approximate surface area is 179 Å². The fraction of sp³-hybridized carbons (Fsp3) is 0.714. The summed E-state index contributed by atoms with van der Waals surface area (Å²) in [6.07, 6.45) is 9.39. The van der Waals surface area contributed by atoms with Crippen LogP contribution in [0.25, 0.3) is 0 Å². The Morgan fingerprint density at radius 3 is 2.07 bits per heavy atom. The van der Waals surface area contributed by atoms with E-state index in [-0.39, 0.29) is 24.6 Å². The lowest BCUT2D eigenvalue weighted by Crippen LogP contribution is -2.44. The number of amides is 2. The average Bonchev–Trinajstić information content (AvgIpc) is 2.69. The number of Topliss-reactive ketones (excluding diaryl/α,β-unsaturated/α-hetero) is 1. The van der Waals surface area contributed by atoms with E-state index >= 15 is 0 Å². The highest BCUT2D eigenvalue weighted by atomic mass is 32.2. The molecule has 1 aromatic heterocycles. The zero-order valence-electron chi connectivity index (χ0n) is 18.1. The predicted octanol–water partition coefficient (Wildman–Crippen LogP) is 3.91. The van der Waals surface area contributed by atoms with E-state index in [1.54, 1.807) is 0 Å². The van der Waals surface area contributed by atoms with Crippen LogP contribution in [0.5, 0.6) is 0 Å². The molecule has 1 aromatic rings. The van der Waals surface area contributed by atoms with Crippen LogP contribution in [0.15, 0.2) is 6.07 Å². The average molecular weight is 439 g/mol. The molecule has 1 unspecified atom stereocenters. The van der Waals surface area contributed by atoms with E-state index in [4.69, 9.17) is 0 Å². The molecule has 1 atom stereocenters. The van der Waals surface area contributed by atoms with Gasteiger partial charge in [-0.2, -0.15) is 0 Å². The van der Waals surface area contributed by atoms with Crippen molar-refractivity contribution in [3.63, 3.8) is 0 Å². The van der Waals surface area contributed by atoms with Crippen LogP contribution >= 0.6 is 0 Å². The van der Waals surface area contributed by atoms with Crippen molar-refractivity contribution < 1.29 is 18.0 Å². The molecule has 2 N–H and O–H groups in total. The monoisotopic (exact) mass is 438 g/mol. The molecule has 0 radical (unpaired) electrons. The summed E-state index contributed by atoms with van der Waals surface area (Å²) in [7, 11) is -4.14. The van der Waals surface area contributed by atoms with Crippen LogP contribution in [-0.4, -0.2) is 35.5 Å². The first-order valence-corrected chi connectivity index (χ1v) is 12.6. The van der Waals surface area contributed by atoms with Crippen molar-refractivity contribution in [1.29, 1.82) is 0 Å². The number of hydrogen-bond donors (Lipinski definition) is 2. The Kier molecular flexibility index (Phi) is 9.68. The SMILES string of the molecule is CCc1cc(CC)nc(NC(=O)NS(=O)(=O)C2CCCCCCCCCCC2=O)n1. The van der Waals surface area contributed by atoms with Crippen molar-refractivity contribution in [3.8, 4) is 0 Å². The number of hydrogen-bond acceptors (Lipinski definition) is 6. The molecule has 0 aliphatic heterocycles. The topological polar surface area (TPSA) is 118 Å². The highest BCUT2D eigenvalue weighted by Gasteiger charge is 2.33. The van der Waals surface area contributed by atoms with E-state index in [0.29, 0.717) is 25.7 Å². The Morgan fingerprint density at radius 1 is 0.967 bits per heavy atom. The van der Waals surface area contributed by atoms with Crippen LogP contribution in [0.4, 0.5) is 10.7 Å². The summed E-state index contributed by atoms with van der Waals surface area (Å²) in [5.41, 5.74) is 1.52. The number of urea groups is 1. The van der Waals surface area contributed by atoms with Crippen LogP contribution in [-0.2, 0) is 27.7 Å². The molecule has 0 aromatic carbocycles. The lowest BCUT2D eigenvalue weighted by Gasteiger charge is -2.18. The number of aromatic nitrogens is 2. The predicted molar refractivity (Wildman–Crippen MR) is 117 cm³/mol. The van der Waals surface area contributed by atoms with Gasteiger partial charge in [-0.15, -0.1) is 0 Å². The van der Waals surface area contributed by atoms with Crippen molar-refractivity contribution in [2.24, 2.45) is 0 Å². The van der Waals surface area contributed by atoms with E-state index in [9.17, 15) is 18.0 Å². The second-order valence-corrected chi connectivity index (χ2v) is 9.67. The van der Waals surface area contributed by atoms with Crippen molar-refractivity contribution in [1.82, 2.24) is 14.7 Å². The maximum Gasteiger partial charge on any atom is 0.335 e. The van der Waals surface area contributed by atoms with Gasteiger partial charge in [-0.25, -0.2) is 27.9 Å². The number of nitrogens with one attached hydrogen (secondary N) is 2. The molecule has 8 nitrogen and oxygen atoms in total. The third kappa shape index (κ3) is 7.66.